The van der Waals surface area contributed by atoms with E-state index in [1.54, 1.807) is 18.2 Å². The Bertz CT molecular complexity index is 942. The van der Waals surface area contributed by atoms with Crippen LogP contribution in [0.1, 0.15) is 39.8 Å². The highest BCUT2D eigenvalue weighted by Gasteiger charge is 2.11. The van der Waals surface area contributed by atoms with E-state index in [4.69, 9.17) is 0 Å². The Hall–Kier alpha value is -2.86. The predicted molar refractivity (Wildman–Crippen MR) is 97.3 cm³/mol. The van der Waals surface area contributed by atoms with Gasteiger partial charge in [0.25, 0.3) is 5.91 Å². The number of fused-ring (bicyclic) bond motifs is 1. The van der Waals surface area contributed by atoms with Crippen LogP contribution >= 0.6 is 0 Å². The van der Waals surface area contributed by atoms with Crippen molar-refractivity contribution < 1.29 is 14.3 Å². The molecule has 2 aromatic carbocycles. The number of amides is 1. The Morgan fingerprint density at radius 3 is 2.42 bits per heavy atom. The third-order valence-corrected chi connectivity index (χ3v) is 4.30. The topological polar surface area (TPSA) is 75.1 Å². The van der Waals surface area contributed by atoms with Gasteiger partial charge in [-0.15, -0.1) is 0 Å². The minimum atomic E-state index is -0.760. The molecule has 2 N–H and O–H groups in total. The van der Waals surface area contributed by atoms with E-state index in [9.17, 15) is 14.3 Å². The second-order valence-electron chi connectivity index (χ2n) is 6.21. The summed E-state index contributed by atoms with van der Waals surface area (Å²) in [5.41, 5.74) is 4.23. The number of aryl methyl sites for hydroxylation is 2. The second-order valence-corrected chi connectivity index (χ2v) is 6.21. The lowest BCUT2D eigenvalue weighted by Gasteiger charge is -2.12. The molecule has 1 atom stereocenters. The zero-order chi connectivity index (χ0) is 18.7. The van der Waals surface area contributed by atoms with Gasteiger partial charge >= 0.3 is 0 Å². The number of nitrogens with zero attached hydrogens (tertiary/aromatic N) is 2. The van der Waals surface area contributed by atoms with Crippen LogP contribution in [0.3, 0.4) is 0 Å². The summed E-state index contributed by atoms with van der Waals surface area (Å²) in [5.74, 6) is -0.586. The molecule has 134 valence electrons. The van der Waals surface area contributed by atoms with Crippen LogP contribution in [0.5, 0.6) is 0 Å². The summed E-state index contributed by atoms with van der Waals surface area (Å²) in [5, 5.41) is 12.9. The summed E-state index contributed by atoms with van der Waals surface area (Å²) < 4.78 is 12.9. The molecule has 6 heteroatoms. The fourth-order valence-electron chi connectivity index (χ4n) is 2.65. The molecular weight excluding hydrogens is 333 g/mol. The van der Waals surface area contributed by atoms with Gasteiger partial charge in [0, 0.05) is 12.1 Å². The van der Waals surface area contributed by atoms with Crippen LogP contribution < -0.4 is 5.32 Å². The molecule has 3 aromatic rings. The number of carbonyl (C=O) groups excluding carboxylic acids is 1. The number of nitrogens with one attached hydrogen (secondary N) is 1. The molecule has 1 amide bonds. The van der Waals surface area contributed by atoms with Gasteiger partial charge in [0.2, 0.25) is 0 Å². The highest BCUT2D eigenvalue weighted by atomic mass is 19.1. The van der Waals surface area contributed by atoms with E-state index in [2.05, 4.69) is 15.3 Å². The first kappa shape index (κ1) is 17.9. The van der Waals surface area contributed by atoms with Crippen molar-refractivity contribution in [3.63, 3.8) is 0 Å². The van der Waals surface area contributed by atoms with Crippen molar-refractivity contribution in [3.05, 3.63) is 70.8 Å². The van der Waals surface area contributed by atoms with Crippen LogP contribution in [0.2, 0.25) is 0 Å². The normalized spacial score (nSPS) is 12.2. The fraction of sp³-hybridized carbons (Fsp3) is 0.250. The lowest BCUT2D eigenvalue weighted by atomic mass is 10.1. The maximum atomic E-state index is 12.9. The maximum Gasteiger partial charge on any atom is 0.251 e. The van der Waals surface area contributed by atoms with Crippen LogP contribution in [0, 0.1) is 19.7 Å². The molecule has 0 saturated carbocycles. The van der Waals surface area contributed by atoms with Gasteiger partial charge in [0.15, 0.2) is 0 Å². The highest BCUT2D eigenvalue weighted by molar-refractivity contribution is 5.97. The monoisotopic (exact) mass is 353 g/mol. The molecule has 1 heterocycles. The zero-order valence-corrected chi connectivity index (χ0v) is 14.7. The summed E-state index contributed by atoms with van der Waals surface area (Å²) in [6, 6.07) is 10.9. The number of rotatable bonds is 5. The average molecular weight is 353 g/mol. The van der Waals surface area contributed by atoms with Crippen molar-refractivity contribution in [2.24, 2.45) is 0 Å². The van der Waals surface area contributed by atoms with E-state index in [1.165, 1.54) is 24.3 Å². The van der Waals surface area contributed by atoms with E-state index < -0.39 is 6.10 Å². The van der Waals surface area contributed by atoms with Gasteiger partial charge in [0.1, 0.15) is 5.82 Å². The number of benzene rings is 2. The van der Waals surface area contributed by atoms with Crippen molar-refractivity contribution in [1.82, 2.24) is 15.3 Å². The molecule has 0 aliphatic rings. The maximum absolute atomic E-state index is 12.9. The van der Waals surface area contributed by atoms with Crippen LogP contribution in [0.15, 0.2) is 42.5 Å². The zero-order valence-electron chi connectivity index (χ0n) is 14.7. The smallest absolute Gasteiger partial charge is 0.251 e. The van der Waals surface area contributed by atoms with Gasteiger partial charge in [-0.1, -0.05) is 12.1 Å². The van der Waals surface area contributed by atoms with Crippen molar-refractivity contribution in [1.29, 1.82) is 0 Å². The van der Waals surface area contributed by atoms with E-state index in [0.29, 0.717) is 29.6 Å². The molecule has 5 nitrogen and oxygen atoms in total. The number of aromatic nitrogens is 2. The number of carbonyl (C=O) groups is 1. The molecule has 1 unspecified atom stereocenters. The molecular formula is C20H20FN3O2. The van der Waals surface area contributed by atoms with Crippen molar-refractivity contribution in [2.75, 3.05) is 6.54 Å². The summed E-state index contributed by atoms with van der Waals surface area (Å²) >= 11 is 0. The molecule has 0 fully saturated rings. The Morgan fingerprint density at radius 2 is 1.73 bits per heavy atom. The SMILES string of the molecule is Cc1nc2ccc(C(=O)NCCC(O)c3ccc(F)cc3)cc2nc1C. The second kappa shape index (κ2) is 7.58. The average Bonchev–Trinajstić information content (AvgIpc) is 2.62. The van der Waals surface area contributed by atoms with Crippen molar-refractivity contribution in [2.45, 2.75) is 26.4 Å². The first-order valence-electron chi connectivity index (χ1n) is 8.41. The van der Waals surface area contributed by atoms with Crippen LogP contribution in [-0.4, -0.2) is 27.5 Å². The van der Waals surface area contributed by atoms with Crippen LogP contribution in [0.4, 0.5) is 4.39 Å². The summed E-state index contributed by atoms with van der Waals surface area (Å²) in [6.07, 6.45) is -0.424. The van der Waals surface area contributed by atoms with Gasteiger partial charge in [0.05, 0.1) is 28.5 Å². The van der Waals surface area contributed by atoms with Gasteiger partial charge in [-0.2, -0.15) is 0 Å². The minimum absolute atomic E-state index is 0.238. The first-order chi connectivity index (χ1) is 12.4. The van der Waals surface area contributed by atoms with Crippen LogP contribution in [0.25, 0.3) is 11.0 Å². The number of aliphatic hydroxyl groups is 1. The first-order valence-corrected chi connectivity index (χ1v) is 8.41. The largest absolute Gasteiger partial charge is 0.388 e. The van der Waals surface area contributed by atoms with Gasteiger partial charge in [-0.25, -0.2) is 14.4 Å². The van der Waals surface area contributed by atoms with E-state index in [0.717, 1.165) is 16.9 Å². The molecule has 3 rings (SSSR count). The summed E-state index contributed by atoms with van der Waals surface area (Å²) in [4.78, 5) is 21.2. The molecule has 0 radical (unpaired) electrons. The summed E-state index contributed by atoms with van der Waals surface area (Å²) in [7, 11) is 0. The molecule has 0 aliphatic heterocycles. The molecule has 0 bridgehead atoms. The van der Waals surface area contributed by atoms with Crippen LogP contribution in [-0.2, 0) is 0 Å². The number of aliphatic hydroxyl groups excluding tert-OH is 1. The molecule has 26 heavy (non-hydrogen) atoms. The minimum Gasteiger partial charge on any atom is -0.388 e. The molecule has 0 spiro atoms. The Kier molecular flexibility index (Phi) is 5.23. The van der Waals surface area contributed by atoms with Gasteiger partial charge in [-0.3, -0.25) is 4.79 Å². The number of hydrogen-bond donors (Lipinski definition) is 2. The Labute approximate surface area is 150 Å². The fourth-order valence-corrected chi connectivity index (χ4v) is 2.65. The quantitative estimate of drug-likeness (QED) is 0.738. The van der Waals surface area contributed by atoms with Crippen molar-refractivity contribution >= 4 is 16.9 Å². The number of hydrogen-bond acceptors (Lipinski definition) is 4. The van der Waals surface area contributed by atoms with Gasteiger partial charge < -0.3 is 10.4 Å². The predicted octanol–water partition coefficient (Wildman–Crippen LogP) is 3.24. The van der Waals surface area contributed by atoms with E-state index in [1.807, 2.05) is 13.8 Å². The molecule has 0 aliphatic carbocycles. The van der Waals surface area contributed by atoms with E-state index in [-0.39, 0.29) is 11.7 Å². The summed E-state index contributed by atoms with van der Waals surface area (Å²) in [6.45, 7) is 4.08. The molecule has 0 saturated heterocycles. The van der Waals surface area contributed by atoms with E-state index >= 15 is 0 Å². The standard InChI is InChI=1S/C20H20FN3O2/c1-12-13(2)24-18-11-15(5-8-17(18)23-12)20(26)22-10-9-19(25)14-3-6-16(21)7-4-14/h3-8,11,19,25H,9-10H2,1-2H3,(H,22,26). The Balaban J connectivity index is 1.62. The lowest BCUT2D eigenvalue weighted by molar-refractivity contribution is 0.0942. The lowest BCUT2D eigenvalue weighted by Crippen LogP contribution is -2.25. The van der Waals surface area contributed by atoms with Crippen molar-refractivity contribution in [3.8, 4) is 0 Å². The Morgan fingerprint density at radius 1 is 1.08 bits per heavy atom. The third kappa shape index (κ3) is 4.03. The third-order valence-electron chi connectivity index (χ3n) is 4.30. The highest BCUT2D eigenvalue weighted by Crippen LogP contribution is 2.17. The molecule has 1 aromatic heterocycles. The number of halogens is 1. The van der Waals surface area contributed by atoms with Gasteiger partial charge in [-0.05, 0) is 56.2 Å².